The minimum Gasteiger partial charge on any atom is -0.271 e. The minimum atomic E-state index is -0.437. The topological polar surface area (TPSA) is 63.8 Å². The highest BCUT2D eigenvalue weighted by Gasteiger charge is 2.18. The molecule has 0 aliphatic carbocycles. The van der Waals surface area contributed by atoms with E-state index >= 15 is 0 Å². The van der Waals surface area contributed by atoms with E-state index in [-0.39, 0.29) is 0 Å². The molecule has 16 heavy (non-hydrogen) atoms. The van der Waals surface area contributed by atoms with Crippen LogP contribution >= 0.6 is 11.3 Å². The molecular formula is C10H11FN4S. The molecule has 0 saturated carbocycles. The van der Waals surface area contributed by atoms with Crippen LogP contribution in [0.2, 0.25) is 0 Å². The largest absolute Gasteiger partial charge is 0.271 e. The number of halogens is 1. The van der Waals surface area contributed by atoms with Crippen LogP contribution in [0, 0.1) is 12.7 Å². The molecule has 2 heterocycles. The Kier molecular flexibility index (Phi) is 3.23. The van der Waals surface area contributed by atoms with E-state index in [1.807, 2.05) is 12.3 Å². The third-order valence-corrected chi connectivity index (χ3v) is 3.01. The van der Waals surface area contributed by atoms with Gasteiger partial charge in [0.25, 0.3) is 0 Å². The lowest BCUT2D eigenvalue weighted by molar-refractivity contribution is 0.550. The Labute approximate surface area is 96.3 Å². The van der Waals surface area contributed by atoms with Gasteiger partial charge in [-0.1, -0.05) is 0 Å². The molecular weight excluding hydrogens is 227 g/mol. The second kappa shape index (κ2) is 4.65. The summed E-state index contributed by atoms with van der Waals surface area (Å²) in [6, 6.07) is 1.15. The number of nitrogens with one attached hydrogen (secondary N) is 1. The number of hydrazine groups is 1. The second-order valence-corrected chi connectivity index (χ2v) is 4.35. The SMILES string of the molecule is Cc1nc(C(NN)c2ccncc2F)cs1. The van der Waals surface area contributed by atoms with Crippen LogP contribution in [0.1, 0.15) is 22.3 Å². The van der Waals surface area contributed by atoms with Crippen LogP contribution in [0.3, 0.4) is 0 Å². The lowest BCUT2D eigenvalue weighted by Crippen LogP contribution is -2.29. The van der Waals surface area contributed by atoms with E-state index in [9.17, 15) is 4.39 Å². The molecule has 2 aromatic rings. The van der Waals surface area contributed by atoms with Gasteiger partial charge in [-0.25, -0.2) is 14.8 Å². The number of nitrogens with two attached hydrogens (primary N) is 1. The molecule has 0 spiro atoms. The monoisotopic (exact) mass is 238 g/mol. The first-order chi connectivity index (χ1) is 7.72. The second-order valence-electron chi connectivity index (χ2n) is 3.29. The lowest BCUT2D eigenvalue weighted by Gasteiger charge is -2.14. The summed E-state index contributed by atoms with van der Waals surface area (Å²) in [4.78, 5) is 7.99. The number of pyridine rings is 1. The highest BCUT2D eigenvalue weighted by molar-refractivity contribution is 7.09. The Hall–Kier alpha value is -1.37. The first kappa shape index (κ1) is 11.1. The molecule has 4 nitrogen and oxygen atoms in total. The van der Waals surface area contributed by atoms with Crippen molar-refractivity contribution >= 4 is 11.3 Å². The zero-order valence-corrected chi connectivity index (χ0v) is 9.46. The number of aryl methyl sites for hydroxylation is 1. The van der Waals surface area contributed by atoms with Gasteiger partial charge < -0.3 is 0 Å². The predicted molar refractivity (Wildman–Crippen MR) is 60.2 cm³/mol. The average molecular weight is 238 g/mol. The molecule has 0 fully saturated rings. The van der Waals surface area contributed by atoms with Crippen molar-refractivity contribution in [2.75, 3.05) is 0 Å². The molecule has 0 amide bonds. The summed E-state index contributed by atoms with van der Waals surface area (Å²) in [5, 5.41) is 2.78. The highest BCUT2D eigenvalue weighted by atomic mass is 32.1. The van der Waals surface area contributed by atoms with Crippen LogP contribution in [0.15, 0.2) is 23.8 Å². The third-order valence-electron chi connectivity index (χ3n) is 2.21. The van der Waals surface area contributed by atoms with Crippen LogP contribution in [-0.2, 0) is 0 Å². The number of nitrogens with zero attached hydrogens (tertiary/aromatic N) is 2. The number of hydrogen-bond donors (Lipinski definition) is 2. The molecule has 1 unspecified atom stereocenters. The smallest absolute Gasteiger partial charge is 0.146 e. The van der Waals surface area contributed by atoms with E-state index in [1.165, 1.54) is 23.7 Å². The Morgan fingerprint density at radius 1 is 1.56 bits per heavy atom. The van der Waals surface area contributed by atoms with Crippen molar-refractivity contribution < 1.29 is 4.39 Å². The van der Waals surface area contributed by atoms with Crippen molar-refractivity contribution in [1.82, 2.24) is 15.4 Å². The molecule has 0 aliphatic rings. The van der Waals surface area contributed by atoms with Gasteiger partial charge in [-0.2, -0.15) is 0 Å². The van der Waals surface area contributed by atoms with Crippen molar-refractivity contribution in [1.29, 1.82) is 0 Å². The maximum Gasteiger partial charge on any atom is 0.146 e. The molecule has 1 atom stereocenters. The van der Waals surface area contributed by atoms with Crippen molar-refractivity contribution in [2.24, 2.45) is 5.84 Å². The van der Waals surface area contributed by atoms with Crippen LogP contribution in [0.25, 0.3) is 0 Å². The summed E-state index contributed by atoms with van der Waals surface area (Å²) in [5.74, 6) is 5.05. The predicted octanol–water partition coefficient (Wildman–Crippen LogP) is 1.54. The van der Waals surface area contributed by atoms with Crippen LogP contribution in [0.5, 0.6) is 0 Å². The quantitative estimate of drug-likeness (QED) is 0.629. The Morgan fingerprint density at radius 2 is 2.38 bits per heavy atom. The Morgan fingerprint density at radius 3 is 2.94 bits per heavy atom. The van der Waals surface area contributed by atoms with Gasteiger partial charge in [0.05, 0.1) is 22.9 Å². The van der Waals surface area contributed by atoms with Gasteiger partial charge in [0.2, 0.25) is 0 Å². The van der Waals surface area contributed by atoms with E-state index in [2.05, 4.69) is 15.4 Å². The summed E-state index contributed by atoms with van der Waals surface area (Å²) < 4.78 is 13.5. The molecule has 0 radical (unpaired) electrons. The molecule has 3 N–H and O–H groups in total. The maximum atomic E-state index is 13.5. The van der Waals surface area contributed by atoms with Crippen molar-refractivity contribution in [3.63, 3.8) is 0 Å². The van der Waals surface area contributed by atoms with Gasteiger partial charge in [-0.15, -0.1) is 11.3 Å². The fraction of sp³-hybridized carbons (Fsp3) is 0.200. The average Bonchev–Trinajstić information content (AvgIpc) is 2.69. The zero-order valence-electron chi connectivity index (χ0n) is 8.64. The normalized spacial score (nSPS) is 12.7. The molecule has 2 aromatic heterocycles. The Balaban J connectivity index is 2.40. The summed E-state index contributed by atoms with van der Waals surface area (Å²) in [5.41, 5.74) is 3.73. The summed E-state index contributed by atoms with van der Waals surface area (Å²) in [6.45, 7) is 1.89. The molecule has 0 aliphatic heterocycles. The van der Waals surface area contributed by atoms with E-state index in [4.69, 9.17) is 5.84 Å². The fourth-order valence-electron chi connectivity index (χ4n) is 1.47. The minimum absolute atomic E-state index is 0.392. The maximum absolute atomic E-state index is 13.5. The zero-order chi connectivity index (χ0) is 11.5. The molecule has 0 aromatic carbocycles. The number of thiazole rings is 1. The molecule has 2 rings (SSSR count). The first-order valence-corrected chi connectivity index (χ1v) is 5.58. The van der Waals surface area contributed by atoms with Gasteiger partial charge in [0.15, 0.2) is 0 Å². The fourth-order valence-corrected chi connectivity index (χ4v) is 2.11. The van der Waals surface area contributed by atoms with E-state index in [1.54, 1.807) is 6.07 Å². The lowest BCUT2D eigenvalue weighted by atomic mass is 10.1. The first-order valence-electron chi connectivity index (χ1n) is 4.70. The van der Waals surface area contributed by atoms with Crippen molar-refractivity contribution in [3.05, 3.63) is 45.9 Å². The van der Waals surface area contributed by atoms with Crippen molar-refractivity contribution in [3.8, 4) is 0 Å². The van der Waals surface area contributed by atoms with Gasteiger partial charge in [0.1, 0.15) is 5.82 Å². The number of aromatic nitrogens is 2. The standard InChI is InChI=1S/C10H11FN4S/c1-6-14-9(5-16-6)10(15-12)7-2-3-13-4-8(7)11/h2-5,10,15H,12H2,1H3. The third kappa shape index (κ3) is 2.08. The van der Waals surface area contributed by atoms with Crippen LogP contribution < -0.4 is 11.3 Å². The molecule has 6 heteroatoms. The molecule has 0 saturated heterocycles. The van der Waals surface area contributed by atoms with Gasteiger partial charge in [0, 0.05) is 17.1 Å². The van der Waals surface area contributed by atoms with E-state index < -0.39 is 11.9 Å². The van der Waals surface area contributed by atoms with Gasteiger partial charge >= 0.3 is 0 Å². The van der Waals surface area contributed by atoms with E-state index in [0.717, 1.165) is 10.7 Å². The van der Waals surface area contributed by atoms with Gasteiger partial charge in [-0.3, -0.25) is 10.8 Å². The number of rotatable bonds is 3. The summed E-state index contributed by atoms with van der Waals surface area (Å²) in [7, 11) is 0. The van der Waals surface area contributed by atoms with Gasteiger partial charge in [-0.05, 0) is 13.0 Å². The highest BCUT2D eigenvalue weighted by Crippen LogP contribution is 2.24. The van der Waals surface area contributed by atoms with E-state index in [0.29, 0.717) is 5.56 Å². The number of hydrogen-bond acceptors (Lipinski definition) is 5. The van der Waals surface area contributed by atoms with Crippen LogP contribution in [0.4, 0.5) is 4.39 Å². The Bertz CT molecular complexity index is 485. The summed E-state index contributed by atoms with van der Waals surface area (Å²) in [6.07, 6.45) is 2.70. The van der Waals surface area contributed by atoms with Crippen molar-refractivity contribution in [2.45, 2.75) is 13.0 Å². The molecule has 0 bridgehead atoms. The van der Waals surface area contributed by atoms with Crippen LogP contribution in [-0.4, -0.2) is 9.97 Å². The molecule has 84 valence electrons. The summed E-state index contributed by atoms with van der Waals surface area (Å²) >= 11 is 1.50.